The number of aliphatic hydroxyl groups is 1. The quantitative estimate of drug-likeness (QED) is 0.319. The van der Waals surface area contributed by atoms with E-state index in [9.17, 15) is 24.3 Å². The highest BCUT2D eigenvalue weighted by Gasteiger charge is 2.36. The molecule has 0 radical (unpaired) electrons. The van der Waals surface area contributed by atoms with E-state index in [-0.39, 0.29) is 11.8 Å². The highest BCUT2D eigenvalue weighted by molar-refractivity contribution is 5.93. The molecule has 0 saturated carbocycles. The van der Waals surface area contributed by atoms with Crippen molar-refractivity contribution in [1.29, 1.82) is 0 Å². The van der Waals surface area contributed by atoms with Crippen LogP contribution in [-0.2, 0) is 19.2 Å². The highest BCUT2D eigenvalue weighted by Crippen LogP contribution is 2.19. The molecular weight excluding hydrogens is 356 g/mol. The predicted octanol–water partition coefficient (Wildman–Crippen LogP) is -1.58. The number of nitrogens with zero attached hydrogens (tertiary/aromatic N) is 1. The third kappa shape index (κ3) is 6.79. The van der Waals surface area contributed by atoms with Gasteiger partial charge in [-0.25, -0.2) is 4.79 Å². The Morgan fingerprint density at radius 1 is 1.22 bits per heavy atom. The molecule has 27 heavy (non-hydrogen) atoms. The minimum absolute atomic E-state index is 0.249. The lowest BCUT2D eigenvalue weighted by Crippen LogP contribution is -2.54. The average molecular weight is 386 g/mol. The lowest BCUT2D eigenvalue weighted by molar-refractivity contribution is -0.145. The third-order valence-corrected chi connectivity index (χ3v) is 4.37. The van der Waals surface area contributed by atoms with E-state index in [1.165, 1.54) is 11.8 Å². The Morgan fingerprint density at radius 3 is 2.37 bits per heavy atom. The van der Waals surface area contributed by atoms with Crippen LogP contribution in [0, 0.1) is 5.92 Å². The summed E-state index contributed by atoms with van der Waals surface area (Å²) in [5.41, 5.74) is 5.93. The molecule has 1 fully saturated rings. The summed E-state index contributed by atoms with van der Waals surface area (Å²) in [6, 6.07) is -2.84. The maximum Gasteiger partial charge on any atom is 0.328 e. The first-order chi connectivity index (χ1) is 12.5. The van der Waals surface area contributed by atoms with Gasteiger partial charge in [-0.2, -0.15) is 0 Å². The van der Waals surface area contributed by atoms with Gasteiger partial charge in [-0.1, -0.05) is 13.8 Å². The standard InChI is InChI=1S/C17H30N4O6/c1-9(2)7-11(18)16(25)21-6-4-5-12(21)15(24)19-8-13(23)20-14(10(3)22)17(26)27/h9-12,14,22H,4-8,18H2,1-3H3,(H,19,24)(H,20,23)(H,26,27). The molecule has 0 spiro atoms. The Bertz CT molecular complexity index is 566. The lowest BCUT2D eigenvalue weighted by Gasteiger charge is -2.27. The number of carbonyl (C=O) groups is 4. The van der Waals surface area contributed by atoms with Crippen molar-refractivity contribution < 1.29 is 29.4 Å². The fourth-order valence-corrected chi connectivity index (χ4v) is 3.02. The SMILES string of the molecule is CC(C)CC(N)C(=O)N1CCCC1C(=O)NCC(=O)NC(C(=O)O)C(C)O. The summed E-state index contributed by atoms with van der Waals surface area (Å²) < 4.78 is 0. The predicted molar refractivity (Wildman–Crippen MR) is 96.4 cm³/mol. The summed E-state index contributed by atoms with van der Waals surface area (Å²) in [6.45, 7) is 5.12. The number of hydrogen-bond acceptors (Lipinski definition) is 6. The summed E-state index contributed by atoms with van der Waals surface area (Å²) >= 11 is 0. The van der Waals surface area contributed by atoms with Crippen molar-refractivity contribution in [3.63, 3.8) is 0 Å². The van der Waals surface area contributed by atoms with Crippen LogP contribution >= 0.6 is 0 Å². The normalized spacial score (nSPS) is 20.1. The van der Waals surface area contributed by atoms with Gasteiger partial charge in [0.05, 0.1) is 18.7 Å². The summed E-state index contributed by atoms with van der Waals surface area (Å²) in [4.78, 5) is 49.1. The van der Waals surface area contributed by atoms with Gasteiger partial charge in [-0.3, -0.25) is 14.4 Å². The first kappa shape index (κ1) is 22.8. The fraction of sp³-hybridized carbons (Fsp3) is 0.765. The van der Waals surface area contributed by atoms with Crippen LogP contribution in [0.5, 0.6) is 0 Å². The molecule has 0 aromatic heterocycles. The van der Waals surface area contributed by atoms with E-state index in [0.29, 0.717) is 25.8 Å². The summed E-state index contributed by atoms with van der Waals surface area (Å²) in [6.07, 6.45) is 0.363. The van der Waals surface area contributed by atoms with Crippen molar-refractivity contribution in [3.8, 4) is 0 Å². The monoisotopic (exact) mass is 386 g/mol. The molecule has 3 amide bonds. The molecule has 0 aromatic carbocycles. The molecule has 1 rings (SSSR count). The number of rotatable bonds is 9. The number of carboxylic acid groups (broad SMARTS) is 1. The number of aliphatic hydroxyl groups excluding tert-OH is 1. The maximum atomic E-state index is 12.5. The second-order valence-corrected chi connectivity index (χ2v) is 7.27. The molecule has 10 heteroatoms. The van der Waals surface area contributed by atoms with Crippen LogP contribution < -0.4 is 16.4 Å². The second kappa shape index (κ2) is 10.2. The number of carboxylic acids is 1. The van der Waals surface area contributed by atoms with Gasteiger partial charge in [0, 0.05) is 6.54 Å². The number of amides is 3. The minimum Gasteiger partial charge on any atom is -0.480 e. The zero-order chi connectivity index (χ0) is 20.7. The van der Waals surface area contributed by atoms with Crippen LogP contribution in [0.3, 0.4) is 0 Å². The van der Waals surface area contributed by atoms with E-state index in [0.717, 1.165) is 0 Å². The van der Waals surface area contributed by atoms with E-state index >= 15 is 0 Å². The fourth-order valence-electron chi connectivity index (χ4n) is 3.02. The van der Waals surface area contributed by atoms with Gasteiger partial charge in [0.25, 0.3) is 0 Å². The van der Waals surface area contributed by atoms with Crippen LogP contribution in [-0.4, -0.2) is 76.1 Å². The molecule has 154 valence electrons. The van der Waals surface area contributed by atoms with Gasteiger partial charge < -0.3 is 31.5 Å². The van der Waals surface area contributed by atoms with Crippen LogP contribution in [0.4, 0.5) is 0 Å². The Balaban J connectivity index is 2.59. The maximum absolute atomic E-state index is 12.5. The van der Waals surface area contributed by atoms with Gasteiger partial charge in [0.1, 0.15) is 6.04 Å². The first-order valence-electron chi connectivity index (χ1n) is 9.08. The van der Waals surface area contributed by atoms with Crippen molar-refractivity contribution in [2.45, 2.75) is 64.3 Å². The lowest BCUT2D eigenvalue weighted by atomic mass is 10.0. The van der Waals surface area contributed by atoms with E-state index in [4.69, 9.17) is 10.8 Å². The Hall–Kier alpha value is -2.20. The molecule has 4 atom stereocenters. The number of nitrogens with one attached hydrogen (secondary N) is 2. The first-order valence-corrected chi connectivity index (χ1v) is 9.08. The zero-order valence-electron chi connectivity index (χ0n) is 16.0. The molecule has 1 aliphatic rings. The van der Waals surface area contributed by atoms with Crippen LogP contribution in [0.2, 0.25) is 0 Å². The van der Waals surface area contributed by atoms with Crippen molar-refractivity contribution >= 4 is 23.7 Å². The van der Waals surface area contributed by atoms with Gasteiger partial charge in [-0.15, -0.1) is 0 Å². The average Bonchev–Trinajstić information content (AvgIpc) is 3.05. The minimum atomic E-state index is -1.46. The van der Waals surface area contributed by atoms with Gasteiger partial charge in [0.15, 0.2) is 6.04 Å². The van der Waals surface area contributed by atoms with Crippen LogP contribution in [0.15, 0.2) is 0 Å². The summed E-state index contributed by atoms with van der Waals surface area (Å²) in [5, 5.41) is 22.8. The third-order valence-electron chi connectivity index (χ3n) is 4.37. The molecular formula is C17H30N4O6. The van der Waals surface area contributed by atoms with Gasteiger partial charge in [0.2, 0.25) is 17.7 Å². The van der Waals surface area contributed by atoms with Crippen molar-refractivity contribution in [3.05, 3.63) is 0 Å². The molecule has 1 saturated heterocycles. The molecule has 10 nitrogen and oxygen atoms in total. The van der Waals surface area contributed by atoms with Gasteiger partial charge in [-0.05, 0) is 32.1 Å². The number of nitrogens with two attached hydrogens (primary N) is 1. The number of aliphatic carboxylic acids is 1. The van der Waals surface area contributed by atoms with Gasteiger partial charge >= 0.3 is 5.97 Å². The smallest absolute Gasteiger partial charge is 0.328 e. The molecule has 0 bridgehead atoms. The topological polar surface area (TPSA) is 162 Å². The number of carbonyl (C=O) groups excluding carboxylic acids is 3. The summed E-state index contributed by atoms with van der Waals surface area (Å²) in [5.74, 6) is -2.65. The van der Waals surface area contributed by atoms with Crippen LogP contribution in [0.1, 0.15) is 40.0 Å². The molecule has 0 aliphatic carbocycles. The molecule has 6 N–H and O–H groups in total. The number of likely N-dealkylation sites (tertiary alicyclic amines) is 1. The van der Waals surface area contributed by atoms with Crippen molar-refractivity contribution in [2.24, 2.45) is 11.7 Å². The van der Waals surface area contributed by atoms with Crippen molar-refractivity contribution in [1.82, 2.24) is 15.5 Å². The van der Waals surface area contributed by atoms with Crippen LogP contribution in [0.25, 0.3) is 0 Å². The Labute approximate surface area is 158 Å². The van der Waals surface area contributed by atoms with Crippen molar-refractivity contribution in [2.75, 3.05) is 13.1 Å². The van der Waals surface area contributed by atoms with E-state index in [2.05, 4.69) is 10.6 Å². The zero-order valence-corrected chi connectivity index (χ0v) is 16.0. The van der Waals surface area contributed by atoms with E-state index < -0.39 is 48.6 Å². The highest BCUT2D eigenvalue weighted by atomic mass is 16.4. The largest absolute Gasteiger partial charge is 0.480 e. The Kier molecular flexibility index (Phi) is 8.64. The molecule has 0 aromatic rings. The summed E-state index contributed by atoms with van der Waals surface area (Å²) in [7, 11) is 0. The molecule has 1 heterocycles. The second-order valence-electron chi connectivity index (χ2n) is 7.27. The molecule has 1 aliphatic heterocycles. The van der Waals surface area contributed by atoms with E-state index in [1.807, 2.05) is 13.8 Å². The van der Waals surface area contributed by atoms with E-state index in [1.54, 1.807) is 0 Å². The Morgan fingerprint density at radius 2 is 1.85 bits per heavy atom. The number of hydrogen-bond donors (Lipinski definition) is 5. The molecule has 4 unspecified atom stereocenters.